The van der Waals surface area contributed by atoms with E-state index in [1.165, 1.54) is 0 Å². The fraction of sp³-hybridized carbons (Fsp3) is 0.222. The summed E-state index contributed by atoms with van der Waals surface area (Å²) in [6, 6.07) is 1.40. The molecule has 2 aromatic heterocycles. The van der Waals surface area contributed by atoms with E-state index in [0.29, 0.717) is 10.6 Å². The summed E-state index contributed by atoms with van der Waals surface area (Å²) >= 11 is 0. The summed E-state index contributed by atoms with van der Waals surface area (Å²) < 4.78 is 42.8. The third-order valence-corrected chi connectivity index (χ3v) is 2.10. The van der Waals surface area contributed by atoms with Gasteiger partial charge in [0.25, 0.3) is 0 Å². The van der Waals surface area contributed by atoms with Crippen molar-refractivity contribution in [3.8, 4) is 5.88 Å². The highest BCUT2D eigenvalue weighted by Crippen LogP contribution is 2.31. The van der Waals surface area contributed by atoms with Crippen molar-refractivity contribution in [2.75, 3.05) is 7.11 Å². The maximum absolute atomic E-state index is 12.7. The number of rotatable bonds is 1. The molecule has 0 saturated heterocycles. The molecule has 9 heteroatoms. The molecule has 96 valence electrons. The van der Waals surface area contributed by atoms with Gasteiger partial charge in [-0.25, -0.2) is 9.31 Å². The number of hydrogen-bond donors (Lipinski definition) is 1. The zero-order chi connectivity index (χ0) is 13.5. The third-order valence-electron chi connectivity index (χ3n) is 2.10. The van der Waals surface area contributed by atoms with Gasteiger partial charge in [-0.1, -0.05) is 0 Å². The first-order valence-corrected chi connectivity index (χ1v) is 4.58. The number of methoxy groups -OCH3 is 1. The highest BCUT2D eigenvalue weighted by atomic mass is 19.4. The molecule has 0 atom stereocenters. The molecule has 0 spiro atoms. The van der Waals surface area contributed by atoms with Crippen LogP contribution in [0, 0.1) is 0 Å². The Hall–Kier alpha value is -2.32. The van der Waals surface area contributed by atoms with Crippen LogP contribution in [0.15, 0.2) is 12.1 Å². The maximum Gasteiger partial charge on any atom is 0.433 e. The molecule has 0 radical (unpaired) electrons. The first kappa shape index (κ1) is 12.1. The predicted octanol–water partition coefficient (Wildman–Crippen LogP) is 1.24. The van der Waals surface area contributed by atoms with E-state index in [0.717, 1.165) is 13.2 Å². The summed E-state index contributed by atoms with van der Waals surface area (Å²) in [5.41, 5.74) is -1.87. The van der Waals surface area contributed by atoms with E-state index >= 15 is 0 Å². The van der Waals surface area contributed by atoms with Crippen molar-refractivity contribution in [2.24, 2.45) is 0 Å². The number of aromatic nitrogens is 3. The number of carbonyl (C=O) groups is 1. The van der Waals surface area contributed by atoms with Crippen molar-refractivity contribution in [3.05, 3.63) is 23.5 Å². The fourth-order valence-corrected chi connectivity index (χ4v) is 1.37. The standard InChI is InChI=1S/C9H6F3N3O3/c1-18-8(17)4-2-6-13-7(16)3-5(9(10,11)12)15(6)14-4/h2-3H,1H3,(H,13,16). The molecule has 6 nitrogen and oxygen atoms in total. The third kappa shape index (κ3) is 1.94. The van der Waals surface area contributed by atoms with Crippen LogP contribution in [-0.2, 0) is 10.9 Å². The lowest BCUT2D eigenvalue weighted by Gasteiger charge is -2.08. The zero-order valence-corrected chi connectivity index (χ0v) is 8.89. The lowest BCUT2D eigenvalue weighted by Crippen LogP contribution is -2.13. The summed E-state index contributed by atoms with van der Waals surface area (Å²) in [7, 11) is 1.07. The first-order chi connectivity index (χ1) is 8.32. The van der Waals surface area contributed by atoms with Crippen molar-refractivity contribution in [1.82, 2.24) is 14.6 Å². The largest absolute Gasteiger partial charge is 0.493 e. The molecule has 0 aliphatic rings. The van der Waals surface area contributed by atoms with Crippen molar-refractivity contribution in [2.45, 2.75) is 6.18 Å². The average molecular weight is 261 g/mol. The average Bonchev–Trinajstić information content (AvgIpc) is 2.68. The van der Waals surface area contributed by atoms with E-state index < -0.39 is 23.7 Å². The predicted molar refractivity (Wildman–Crippen MR) is 51.0 cm³/mol. The van der Waals surface area contributed by atoms with Crippen LogP contribution in [0.25, 0.3) is 5.65 Å². The summed E-state index contributed by atoms with van der Waals surface area (Å²) in [5, 5.41) is 12.6. The summed E-state index contributed by atoms with van der Waals surface area (Å²) in [6.07, 6.45) is -4.74. The second-order valence-corrected chi connectivity index (χ2v) is 3.29. The highest BCUT2D eigenvalue weighted by Gasteiger charge is 2.35. The highest BCUT2D eigenvalue weighted by molar-refractivity contribution is 5.88. The number of hydrogen-bond acceptors (Lipinski definition) is 5. The topological polar surface area (TPSA) is 76.7 Å². The molecule has 2 aromatic rings. The van der Waals surface area contributed by atoms with E-state index in [9.17, 15) is 18.0 Å². The monoisotopic (exact) mass is 261 g/mol. The molecule has 0 aromatic carbocycles. The first-order valence-electron chi connectivity index (χ1n) is 4.58. The molecule has 18 heavy (non-hydrogen) atoms. The number of nitrogens with zero attached hydrogens (tertiary/aromatic N) is 3. The van der Waals surface area contributed by atoms with Gasteiger partial charge in [0.2, 0.25) is 5.88 Å². The van der Waals surface area contributed by atoms with Crippen LogP contribution in [0.1, 0.15) is 16.2 Å². The number of halogens is 3. The maximum atomic E-state index is 12.7. The Labute approximate surface area is 97.6 Å². The molecule has 0 fully saturated rings. The van der Waals surface area contributed by atoms with Gasteiger partial charge >= 0.3 is 12.1 Å². The number of carbonyl (C=O) groups excluding carboxylic acids is 1. The van der Waals surface area contributed by atoms with E-state index in [2.05, 4.69) is 14.8 Å². The minimum Gasteiger partial charge on any atom is -0.493 e. The Morgan fingerprint density at radius 1 is 1.44 bits per heavy atom. The summed E-state index contributed by atoms with van der Waals surface area (Å²) in [4.78, 5) is 14.6. The number of ether oxygens (including phenoxy) is 1. The number of alkyl halides is 3. The molecule has 0 aliphatic heterocycles. The van der Waals surface area contributed by atoms with Crippen LogP contribution in [-0.4, -0.2) is 32.8 Å². The van der Waals surface area contributed by atoms with Gasteiger partial charge < -0.3 is 9.84 Å². The summed E-state index contributed by atoms with van der Waals surface area (Å²) in [6.45, 7) is 0. The van der Waals surface area contributed by atoms with Crippen LogP contribution in [0.2, 0.25) is 0 Å². The minimum absolute atomic E-state index is 0.303. The Kier molecular flexibility index (Phi) is 2.60. The van der Waals surface area contributed by atoms with E-state index in [-0.39, 0.29) is 11.3 Å². The van der Waals surface area contributed by atoms with Gasteiger partial charge in [0, 0.05) is 12.1 Å². The number of esters is 1. The van der Waals surface area contributed by atoms with Gasteiger partial charge in [-0.3, -0.25) is 0 Å². The molecule has 0 aliphatic carbocycles. The van der Waals surface area contributed by atoms with E-state index in [4.69, 9.17) is 5.11 Å². The van der Waals surface area contributed by atoms with Crippen LogP contribution in [0.4, 0.5) is 13.2 Å². The van der Waals surface area contributed by atoms with Crippen LogP contribution in [0.3, 0.4) is 0 Å². The normalized spacial score (nSPS) is 11.8. The minimum atomic E-state index is -4.74. The van der Waals surface area contributed by atoms with Crippen molar-refractivity contribution < 1.29 is 27.8 Å². The second kappa shape index (κ2) is 3.86. The molecule has 0 unspecified atom stereocenters. The van der Waals surface area contributed by atoms with Crippen LogP contribution >= 0.6 is 0 Å². The Morgan fingerprint density at radius 3 is 2.67 bits per heavy atom. The Balaban J connectivity index is 2.72. The molecule has 2 rings (SSSR count). The second-order valence-electron chi connectivity index (χ2n) is 3.29. The smallest absolute Gasteiger partial charge is 0.433 e. The molecule has 0 saturated carbocycles. The molecule has 1 N–H and O–H groups in total. The van der Waals surface area contributed by atoms with Crippen molar-refractivity contribution in [3.63, 3.8) is 0 Å². The Bertz CT molecular complexity index is 621. The van der Waals surface area contributed by atoms with Crippen molar-refractivity contribution >= 4 is 11.6 Å². The van der Waals surface area contributed by atoms with Gasteiger partial charge in [-0.2, -0.15) is 23.3 Å². The van der Waals surface area contributed by atoms with Crippen LogP contribution < -0.4 is 0 Å². The fourth-order valence-electron chi connectivity index (χ4n) is 1.37. The quantitative estimate of drug-likeness (QED) is 0.781. The van der Waals surface area contributed by atoms with Gasteiger partial charge in [-0.15, -0.1) is 0 Å². The summed E-state index contributed by atoms with van der Waals surface area (Å²) in [5.74, 6) is -1.71. The number of fused-ring (bicyclic) bond motifs is 1. The molecule has 0 amide bonds. The van der Waals surface area contributed by atoms with Crippen LogP contribution in [0.5, 0.6) is 5.88 Å². The van der Waals surface area contributed by atoms with Gasteiger partial charge in [0.15, 0.2) is 17.0 Å². The molecule has 2 heterocycles. The zero-order valence-electron chi connectivity index (χ0n) is 8.89. The lowest BCUT2D eigenvalue weighted by molar-refractivity contribution is -0.142. The van der Waals surface area contributed by atoms with E-state index in [1.807, 2.05) is 0 Å². The molecular formula is C9H6F3N3O3. The van der Waals surface area contributed by atoms with E-state index in [1.54, 1.807) is 0 Å². The van der Waals surface area contributed by atoms with Gasteiger partial charge in [-0.05, 0) is 0 Å². The Morgan fingerprint density at radius 2 is 2.11 bits per heavy atom. The lowest BCUT2D eigenvalue weighted by atomic mass is 10.4. The van der Waals surface area contributed by atoms with Gasteiger partial charge in [0.05, 0.1) is 7.11 Å². The van der Waals surface area contributed by atoms with Gasteiger partial charge in [0.1, 0.15) is 0 Å². The van der Waals surface area contributed by atoms with Crippen molar-refractivity contribution in [1.29, 1.82) is 0 Å². The number of aromatic hydroxyl groups is 1. The molecule has 0 bridgehead atoms. The SMILES string of the molecule is COC(=O)c1cc2nc(O)cc(C(F)(F)F)n2n1. The molecular weight excluding hydrogens is 255 g/mol.